The van der Waals surface area contributed by atoms with Gasteiger partial charge in [0.1, 0.15) is 0 Å². The molecule has 0 aliphatic heterocycles. The minimum absolute atomic E-state index is 0.707. The fraction of sp³-hybridized carbons (Fsp3) is 0.438. The van der Waals surface area contributed by atoms with Crippen molar-refractivity contribution in [3.05, 3.63) is 52.9 Å². The largest absolute Gasteiger partial charge is 0.360 e. The minimum atomic E-state index is 0.707. The van der Waals surface area contributed by atoms with E-state index in [-0.39, 0.29) is 0 Å². The van der Waals surface area contributed by atoms with Crippen LogP contribution in [0, 0.1) is 12.8 Å². The van der Waals surface area contributed by atoms with Crippen LogP contribution in [0.4, 0.5) is 0 Å². The molecule has 1 heterocycles. The first-order valence-corrected chi connectivity index (χ1v) is 6.84. The van der Waals surface area contributed by atoms with Crippen LogP contribution in [-0.2, 0) is 19.5 Å². The predicted molar refractivity (Wildman–Crippen MR) is 76.8 cm³/mol. The predicted octanol–water partition coefficient (Wildman–Crippen LogP) is 3.47. The molecule has 0 saturated heterocycles. The quantitative estimate of drug-likeness (QED) is 0.862. The average Bonchev–Trinajstić information content (AvgIpc) is 2.77. The molecule has 1 N–H and O–H groups in total. The van der Waals surface area contributed by atoms with E-state index in [1.807, 2.05) is 13.0 Å². The molecule has 0 aliphatic rings. The van der Waals surface area contributed by atoms with Crippen molar-refractivity contribution in [2.75, 3.05) is 0 Å². The van der Waals surface area contributed by atoms with Gasteiger partial charge in [0.2, 0.25) is 0 Å². The lowest BCUT2D eigenvalue weighted by Crippen LogP contribution is -2.12. The normalized spacial score (nSPS) is 11.2. The summed E-state index contributed by atoms with van der Waals surface area (Å²) in [6.07, 6.45) is 1.14. The van der Waals surface area contributed by atoms with Gasteiger partial charge in [-0.15, -0.1) is 0 Å². The summed E-state index contributed by atoms with van der Waals surface area (Å²) in [6.45, 7) is 7.99. The molecule has 0 amide bonds. The molecule has 19 heavy (non-hydrogen) atoms. The number of aromatic nitrogens is 1. The molecular formula is C16H22N2O. The Labute approximate surface area is 115 Å². The Kier molecular flexibility index (Phi) is 4.74. The number of benzene rings is 1. The van der Waals surface area contributed by atoms with Gasteiger partial charge in [0.15, 0.2) is 5.76 Å². The molecule has 0 unspecified atom stereocenters. The van der Waals surface area contributed by atoms with E-state index in [9.17, 15) is 0 Å². The van der Waals surface area contributed by atoms with Crippen LogP contribution in [0.25, 0.3) is 0 Å². The molecule has 2 aromatic rings. The SMILES string of the molecule is Cc1cc(CNCc2ccc(CC(C)C)cc2)on1. The molecule has 3 nitrogen and oxygen atoms in total. The molecule has 0 aliphatic carbocycles. The molecule has 0 atom stereocenters. The second kappa shape index (κ2) is 6.53. The molecule has 0 spiro atoms. The third kappa shape index (κ3) is 4.52. The molecule has 2 rings (SSSR count). The maximum absolute atomic E-state index is 5.15. The Morgan fingerprint density at radius 2 is 1.79 bits per heavy atom. The van der Waals surface area contributed by atoms with Crippen LogP contribution in [0.15, 0.2) is 34.9 Å². The maximum atomic E-state index is 5.15. The second-order valence-electron chi connectivity index (χ2n) is 5.45. The average molecular weight is 258 g/mol. The van der Waals surface area contributed by atoms with E-state index in [1.54, 1.807) is 0 Å². The zero-order valence-electron chi connectivity index (χ0n) is 11.9. The Morgan fingerprint density at radius 3 is 2.37 bits per heavy atom. The van der Waals surface area contributed by atoms with E-state index >= 15 is 0 Å². The van der Waals surface area contributed by atoms with E-state index < -0.39 is 0 Å². The van der Waals surface area contributed by atoms with Crippen molar-refractivity contribution in [2.45, 2.75) is 40.3 Å². The molecule has 3 heteroatoms. The summed E-state index contributed by atoms with van der Waals surface area (Å²) in [5.41, 5.74) is 3.63. The molecule has 0 bridgehead atoms. The number of hydrogen-bond donors (Lipinski definition) is 1. The van der Waals surface area contributed by atoms with Crippen molar-refractivity contribution in [3.8, 4) is 0 Å². The first-order chi connectivity index (χ1) is 9.13. The third-order valence-corrected chi connectivity index (χ3v) is 2.97. The summed E-state index contributed by atoms with van der Waals surface area (Å²) < 4.78 is 5.15. The third-order valence-electron chi connectivity index (χ3n) is 2.97. The zero-order valence-corrected chi connectivity index (χ0v) is 11.9. The van der Waals surface area contributed by atoms with Crippen LogP contribution in [0.1, 0.15) is 36.4 Å². The maximum Gasteiger partial charge on any atom is 0.150 e. The van der Waals surface area contributed by atoms with Crippen molar-refractivity contribution >= 4 is 0 Å². The lowest BCUT2D eigenvalue weighted by atomic mass is 10.0. The molecule has 0 saturated carbocycles. The Balaban J connectivity index is 1.79. The highest BCUT2D eigenvalue weighted by molar-refractivity contribution is 5.22. The summed E-state index contributed by atoms with van der Waals surface area (Å²) in [5.74, 6) is 1.59. The van der Waals surface area contributed by atoms with Gasteiger partial charge >= 0.3 is 0 Å². The van der Waals surface area contributed by atoms with Crippen molar-refractivity contribution in [3.63, 3.8) is 0 Å². The fourth-order valence-electron chi connectivity index (χ4n) is 2.09. The molecule has 0 fully saturated rings. The minimum Gasteiger partial charge on any atom is -0.360 e. The second-order valence-corrected chi connectivity index (χ2v) is 5.45. The monoisotopic (exact) mass is 258 g/mol. The highest BCUT2D eigenvalue weighted by atomic mass is 16.5. The summed E-state index contributed by atoms with van der Waals surface area (Å²) in [4.78, 5) is 0. The summed E-state index contributed by atoms with van der Waals surface area (Å²) >= 11 is 0. The molecule has 102 valence electrons. The number of nitrogens with zero attached hydrogens (tertiary/aromatic N) is 1. The zero-order chi connectivity index (χ0) is 13.7. The van der Waals surface area contributed by atoms with Crippen LogP contribution in [0.2, 0.25) is 0 Å². The van der Waals surface area contributed by atoms with Gasteiger partial charge in [-0.1, -0.05) is 43.3 Å². The van der Waals surface area contributed by atoms with E-state index in [4.69, 9.17) is 4.52 Å². The summed E-state index contributed by atoms with van der Waals surface area (Å²) in [6, 6.07) is 10.8. The van der Waals surface area contributed by atoms with Gasteiger partial charge in [-0.05, 0) is 30.4 Å². The van der Waals surface area contributed by atoms with Crippen LogP contribution in [-0.4, -0.2) is 5.16 Å². The molecule has 1 aromatic carbocycles. The van der Waals surface area contributed by atoms with Gasteiger partial charge in [0.05, 0.1) is 12.2 Å². The van der Waals surface area contributed by atoms with Gasteiger partial charge < -0.3 is 9.84 Å². The highest BCUT2D eigenvalue weighted by Crippen LogP contribution is 2.10. The first kappa shape index (κ1) is 13.8. The molecule has 0 radical (unpaired) electrons. The Hall–Kier alpha value is -1.61. The summed E-state index contributed by atoms with van der Waals surface area (Å²) in [5, 5.41) is 7.22. The molecule has 1 aromatic heterocycles. The van der Waals surface area contributed by atoms with E-state index in [2.05, 4.69) is 48.6 Å². The standard InChI is InChI=1S/C16H22N2O/c1-12(2)8-14-4-6-15(7-5-14)10-17-11-16-9-13(3)18-19-16/h4-7,9,12,17H,8,10-11H2,1-3H3. The van der Waals surface area contributed by atoms with Crippen molar-refractivity contribution in [2.24, 2.45) is 5.92 Å². The topological polar surface area (TPSA) is 38.1 Å². The smallest absolute Gasteiger partial charge is 0.150 e. The van der Waals surface area contributed by atoms with Gasteiger partial charge in [-0.25, -0.2) is 0 Å². The number of aryl methyl sites for hydroxylation is 1. The van der Waals surface area contributed by atoms with Gasteiger partial charge in [-0.2, -0.15) is 0 Å². The van der Waals surface area contributed by atoms with Gasteiger partial charge in [-0.3, -0.25) is 0 Å². The van der Waals surface area contributed by atoms with E-state index in [1.165, 1.54) is 11.1 Å². The Bertz CT molecular complexity index is 500. The van der Waals surface area contributed by atoms with Crippen molar-refractivity contribution < 1.29 is 4.52 Å². The van der Waals surface area contributed by atoms with Crippen LogP contribution < -0.4 is 5.32 Å². The summed E-state index contributed by atoms with van der Waals surface area (Å²) in [7, 11) is 0. The highest BCUT2D eigenvalue weighted by Gasteiger charge is 2.01. The van der Waals surface area contributed by atoms with E-state index in [0.29, 0.717) is 12.5 Å². The lowest BCUT2D eigenvalue weighted by molar-refractivity contribution is 0.369. The van der Waals surface area contributed by atoms with Crippen LogP contribution >= 0.6 is 0 Å². The van der Waals surface area contributed by atoms with Crippen LogP contribution in [0.3, 0.4) is 0 Å². The lowest BCUT2D eigenvalue weighted by Gasteiger charge is -2.07. The Morgan fingerprint density at radius 1 is 1.11 bits per heavy atom. The molecular weight excluding hydrogens is 236 g/mol. The van der Waals surface area contributed by atoms with E-state index in [0.717, 1.165) is 24.4 Å². The van der Waals surface area contributed by atoms with Gasteiger partial charge in [0, 0.05) is 12.6 Å². The number of hydrogen-bond acceptors (Lipinski definition) is 3. The number of rotatable bonds is 6. The van der Waals surface area contributed by atoms with Crippen LogP contribution in [0.5, 0.6) is 0 Å². The first-order valence-electron chi connectivity index (χ1n) is 6.84. The van der Waals surface area contributed by atoms with Crippen molar-refractivity contribution in [1.29, 1.82) is 0 Å². The van der Waals surface area contributed by atoms with Crippen molar-refractivity contribution in [1.82, 2.24) is 10.5 Å². The fourth-order valence-corrected chi connectivity index (χ4v) is 2.09. The van der Waals surface area contributed by atoms with Gasteiger partial charge in [0.25, 0.3) is 0 Å². The number of nitrogens with one attached hydrogen (secondary N) is 1.